The van der Waals surface area contributed by atoms with Gasteiger partial charge in [0.05, 0.1) is 25.4 Å². The standard InChI is InChI=1S/C42H76N6O16/c1-4-43-29(49)15-6-5-12-21-47-40(60)28(48-33(53)19-10-9-18-32(52)46-23-25-62-42-39(59)37(57)35(55)27(3)64-42)14-11-13-20-44-30(50)16-7-8-17-31(51)45-22-24-61-41-38(58)36(56)34(54)26(2)63-41/h26-28,34-39,41-42,54-59H,4-25H2,1-3H3,(H,43,49)(H,44,50)(H,45,51)(H,46,52)(H,47,60)(H,48,53)/t26-,27-,28-,34+,35+,36+,37+,38-,39-,41+,42+/m0/s1. The number of nitrogens with one attached hydrogen (secondary N) is 6. The summed E-state index contributed by atoms with van der Waals surface area (Å²) in [5.74, 6) is -1.38. The highest BCUT2D eigenvalue weighted by Crippen LogP contribution is 2.22. The fraction of sp³-hybridized carbons (Fsp3) is 0.857. The van der Waals surface area contributed by atoms with Gasteiger partial charge in [0, 0.05) is 64.8 Å². The molecule has 0 aliphatic carbocycles. The maximum atomic E-state index is 13.1. The van der Waals surface area contributed by atoms with E-state index in [1.807, 2.05) is 6.92 Å². The van der Waals surface area contributed by atoms with Gasteiger partial charge in [0.25, 0.3) is 0 Å². The van der Waals surface area contributed by atoms with Gasteiger partial charge in [0.15, 0.2) is 12.6 Å². The van der Waals surface area contributed by atoms with Gasteiger partial charge in [-0.25, -0.2) is 0 Å². The number of aliphatic hydroxyl groups excluding tert-OH is 6. The molecule has 0 spiro atoms. The van der Waals surface area contributed by atoms with Crippen molar-refractivity contribution in [3.05, 3.63) is 0 Å². The smallest absolute Gasteiger partial charge is 0.242 e. The quantitative estimate of drug-likeness (QED) is 0.0313. The van der Waals surface area contributed by atoms with Gasteiger partial charge >= 0.3 is 0 Å². The second-order valence-corrected chi connectivity index (χ2v) is 16.2. The lowest BCUT2D eigenvalue weighted by molar-refractivity contribution is -0.292. The summed E-state index contributed by atoms with van der Waals surface area (Å²) in [6.07, 6.45) is -5.66. The molecule has 0 aromatic carbocycles. The van der Waals surface area contributed by atoms with Crippen LogP contribution in [0.5, 0.6) is 0 Å². The molecule has 0 saturated carbocycles. The average molecular weight is 921 g/mol. The molecule has 64 heavy (non-hydrogen) atoms. The number of amides is 6. The molecule has 22 heteroatoms. The second kappa shape index (κ2) is 32.2. The van der Waals surface area contributed by atoms with E-state index in [2.05, 4.69) is 31.9 Å². The second-order valence-electron chi connectivity index (χ2n) is 16.2. The van der Waals surface area contributed by atoms with E-state index in [0.29, 0.717) is 83.8 Å². The maximum Gasteiger partial charge on any atom is 0.242 e. The first-order valence-corrected chi connectivity index (χ1v) is 22.8. The van der Waals surface area contributed by atoms with Crippen molar-refractivity contribution in [1.29, 1.82) is 0 Å². The molecule has 2 rings (SSSR count). The van der Waals surface area contributed by atoms with Crippen LogP contribution < -0.4 is 31.9 Å². The van der Waals surface area contributed by atoms with Gasteiger partial charge < -0.3 is 81.5 Å². The van der Waals surface area contributed by atoms with Crippen molar-refractivity contribution in [2.24, 2.45) is 0 Å². The Morgan fingerprint density at radius 2 is 0.859 bits per heavy atom. The molecule has 0 aromatic rings. The number of hydrogen-bond acceptors (Lipinski definition) is 16. The Morgan fingerprint density at radius 3 is 1.33 bits per heavy atom. The number of carbonyl (C=O) groups excluding carboxylic acids is 6. The monoisotopic (exact) mass is 921 g/mol. The Labute approximate surface area is 375 Å². The summed E-state index contributed by atoms with van der Waals surface area (Å²) in [6, 6.07) is -0.809. The van der Waals surface area contributed by atoms with Crippen LogP contribution in [0.1, 0.15) is 117 Å². The third kappa shape index (κ3) is 22.6. The molecule has 0 unspecified atom stereocenters. The average Bonchev–Trinajstić information content (AvgIpc) is 3.26. The van der Waals surface area contributed by atoms with Crippen LogP contribution in [0.15, 0.2) is 0 Å². The minimum absolute atomic E-state index is 0.00756. The van der Waals surface area contributed by atoms with Crippen molar-refractivity contribution in [2.45, 2.75) is 185 Å². The Balaban J connectivity index is 1.64. The first kappa shape index (κ1) is 56.5. The number of ether oxygens (including phenoxy) is 4. The molecule has 2 aliphatic rings. The Hall–Kier alpha value is -3.58. The number of aliphatic hydroxyl groups is 6. The van der Waals surface area contributed by atoms with E-state index in [1.165, 1.54) is 6.92 Å². The maximum absolute atomic E-state index is 13.1. The Morgan fingerprint density at radius 1 is 0.469 bits per heavy atom. The lowest BCUT2D eigenvalue weighted by Crippen LogP contribution is -2.57. The van der Waals surface area contributed by atoms with Crippen LogP contribution in [0.2, 0.25) is 0 Å². The fourth-order valence-electron chi connectivity index (χ4n) is 6.88. The number of rotatable bonds is 32. The zero-order chi connectivity index (χ0) is 47.4. The summed E-state index contributed by atoms with van der Waals surface area (Å²) < 4.78 is 21.5. The molecule has 22 nitrogen and oxygen atoms in total. The van der Waals surface area contributed by atoms with Crippen LogP contribution in [-0.4, -0.2) is 179 Å². The molecule has 0 radical (unpaired) electrons. The van der Waals surface area contributed by atoms with Crippen LogP contribution in [-0.2, 0) is 47.7 Å². The summed E-state index contributed by atoms with van der Waals surface area (Å²) in [5.41, 5.74) is 0. The van der Waals surface area contributed by atoms with E-state index in [9.17, 15) is 59.4 Å². The molecule has 6 amide bonds. The molecule has 370 valence electrons. The van der Waals surface area contributed by atoms with Gasteiger partial charge in [-0.3, -0.25) is 28.8 Å². The van der Waals surface area contributed by atoms with Crippen LogP contribution in [0, 0.1) is 0 Å². The largest absolute Gasteiger partial charge is 0.388 e. The molecule has 2 aliphatic heterocycles. The highest BCUT2D eigenvalue weighted by atomic mass is 16.7. The third-order valence-corrected chi connectivity index (χ3v) is 10.8. The molecular formula is C42H76N6O16. The van der Waals surface area contributed by atoms with Crippen molar-refractivity contribution >= 4 is 35.4 Å². The predicted molar refractivity (Wildman–Crippen MR) is 229 cm³/mol. The minimum Gasteiger partial charge on any atom is -0.388 e. The summed E-state index contributed by atoms with van der Waals surface area (Å²) in [6.45, 7) is 6.49. The van der Waals surface area contributed by atoms with Crippen molar-refractivity contribution in [2.75, 3.05) is 45.9 Å². The molecule has 12 N–H and O–H groups in total. The molecular weight excluding hydrogens is 844 g/mol. The summed E-state index contributed by atoms with van der Waals surface area (Å²) in [7, 11) is 0. The van der Waals surface area contributed by atoms with Gasteiger partial charge in [-0.05, 0) is 78.6 Å². The van der Waals surface area contributed by atoms with E-state index in [0.717, 1.165) is 6.42 Å². The van der Waals surface area contributed by atoms with Gasteiger partial charge in [-0.2, -0.15) is 0 Å². The van der Waals surface area contributed by atoms with Crippen LogP contribution in [0.4, 0.5) is 0 Å². The number of unbranched alkanes of at least 4 members (excludes halogenated alkanes) is 5. The van der Waals surface area contributed by atoms with E-state index in [-0.39, 0.29) is 87.4 Å². The van der Waals surface area contributed by atoms with Crippen LogP contribution >= 0.6 is 0 Å². The van der Waals surface area contributed by atoms with E-state index >= 15 is 0 Å². The third-order valence-electron chi connectivity index (χ3n) is 10.8. The molecule has 0 bridgehead atoms. The van der Waals surface area contributed by atoms with Crippen LogP contribution in [0.25, 0.3) is 0 Å². The predicted octanol–water partition coefficient (Wildman–Crippen LogP) is -2.39. The first-order valence-electron chi connectivity index (χ1n) is 22.8. The first-order chi connectivity index (χ1) is 30.5. The van der Waals surface area contributed by atoms with Gasteiger partial charge in [0.2, 0.25) is 35.4 Å². The lowest BCUT2D eigenvalue weighted by atomic mass is 10.0. The number of hydrogen-bond donors (Lipinski definition) is 12. The molecule has 2 saturated heterocycles. The van der Waals surface area contributed by atoms with Crippen molar-refractivity contribution < 1.29 is 78.4 Å². The Kier molecular flexibility index (Phi) is 28.4. The highest BCUT2D eigenvalue weighted by Gasteiger charge is 2.43. The SMILES string of the molecule is CCNC(=O)CCCCCNC(=O)[C@H](CCCCNC(=O)CCCCC(=O)NCCO[C@@H]1O[C@@H](C)[C@@H](O)[C@@H](O)[C@@H]1O)NC(=O)CCCCC(=O)NCCO[C@@H]1O[C@@H](C)[C@@H](O)[C@@H](O)[C@@H]1O. The Bertz CT molecular complexity index is 1400. The summed E-state index contributed by atoms with van der Waals surface area (Å²) in [5, 5.41) is 76.0. The summed E-state index contributed by atoms with van der Waals surface area (Å²) in [4.78, 5) is 74.6. The lowest BCUT2D eigenvalue weighted by Gasteiger charge is -2.38. The minimum atomic E-state index is -1.44. The zero-order valence-electron chi connectivity index (χ0n) is 37.7. The molecule has 2 heterocycles. The zero-order valence-corrected chi connectivity index (χ0v) is 37.7. The highest BCUT2D eigenvalue weighted by molar-refractivity contribution is 5.87. The van der Waals surface area contributed by atoms with Crippen LogP contribution in [0.3, 0.4) is 0 Å². The van der Waals surface area contributed by atoms with E-state index < -0.39 is 67.5 Å². The van der Waals surface area contributed by atoms with Gasteiger partial charge in [0.1, 0.15) is 42.7 Å². The topological polar surface area (TPSA) is 333 Å². The van der Waals surface area contributed by atoms with E-state index in [1.54, 1.807) is 6.92 Å². The number of carbonyl (C=O) groups is 6. The summed E-state index contributed by atoms with van der Waals surface area (Å²) >= 11 is 0. The molecule has 11 atom stereocenters. The van der Waals surface area contributed by atoms with Crippen molar-refractivity contribution in [1.82, 2.24) is 31.9 Å². The normalized spacial score (nSPS) is 26.0. The van der Waals surface area contributed by atoms with E-state index in [4.69, 9.17) is 18.9 Å². The fourth-order valence-corrected chi connectivity index (χ4v) is 6.88. The molecule has 2 fully saturated rings. The van der Waals surface area contributed by atoms with Crippen molar-refractivity contribution in [3.8, 4) is 0 Å². The van der Waals surface area contributed by atoms with Gasteiger partial charge in [-0.15, -0.1) is 0 Å². The van der Waals surface area contributed by atoms with Crippen molar-refractivity contribution in [3.63, 3.8) is 0 Å². The van der Waals surface area contributed by atoms with Gasteiger partial charge in [-0.1, -0.05) is 6.42 Å². The molecule has 0 aromatic heterocycles.